The summed E-state index contributed by atoms with van der Waals surface area (Å²) in [6.07, 6.45) is 11.9. The first-order chi connectivity index (χ1) is 67.5. The SMILES string of the molecule is Brc1ccc2[nH]cc(C=Nc3ccc4c5ccccc5c5nc(-c6c[nH]c7ccc(Br)cc67)[nH]c5c4c3)c2c1.CC(C)(C)OC(=O)C[C@H](N)C(=O)Cc1ccc2c3ccccc3c3[nH]c(-c4c[nH]c5ccc(Br)cc45)nc3c2c1.NCC(=O)Nc1ccc2c3ccccc3c3[nH]c(-c4c[nH]c5ccc(Br)cc45)nc3c2c1.Nc1ccc2c(c1)c1ccccc1c1nc(-c3c[nH]c4ccc(Br)cc34)[nH]c21. The second kappa shape index (κ2) is 35.4. The van der Waals surface area contributed by atoms with Gasteiger partial charge in [0.15, 0.2) is 5.78 Å². The quantitative estimate of drug-likeness (QED) is 0.0223. The fourth-order valence-electron chi connectivity index (χ4n) is 19.3. The Labute approximate surface area is 832 Å². The number of aromatic amines is 9. The van der Waals surface area contributed by atoms with Crippen molar-refractivity contribution in [2.75, 3.05) is 17.6 Å². The van der Waals surface area contributed by atoms with Crippen LogP contribution in [0.5, 0.6) is 0 Å². The number of ketones is 1. The maximum Gasteiger partial charge on any atom is 0.308 e. The minimum atomic E-state index is -0.930. The van der Waals surface area contributed by atoms with Crippen LogP contribution in [-0.4, -0.2) is 107 Å². The number of fused-ring (bicyclic) bond motifs is 29. The number of anilines is 2. The first-order valence-electron chi connectivity index (χ1n) is 45.0. The minimum absolute atomic E-state index is 0.0617. The van der Waals surface area contributed by atoms with Crippen molar-refractivity contribution in [3.63, 3.8) is 0 Å². The molecule has 9 aromatic heterocycles. The van der Waals surface area contributed by atoms with Gasteiger partial charge < -0.3 is 72.1 Å². The fraction of sp³-hybridized carbons (Fsp3) is 0.0714. The van der Waals surface area contributed by atoms with Gasteiger partial charge in [-0.2, -0.15) is 0 Å². The number of hydrogen-bond donors (Lipinski definition) is 13. The number of nitrogens with two attached hydrogens (primary N) is 3. The van der Waals surface area contributed by atoms with E-state index < -0.39 is 17.6 Å². The molecule has 27 heteroatoms. The summed E-state index contributed by atoms with van der Waals surface area (Å²) in [5.41, 5.74) is 38.2. The van der Waals surface area contributed by atoms with E-state index in [4.69, 9.17) is 46.9 Å². The molecular formula is C112H81Br5N18O4. The fourth-order valence-corrected chi connectivity index (χ4v) is 21.1. The lowest BCUT2D eigenvalue weighted by Gasteiger charge is -2.20. The van der Waals surface area contributed by atoms with Crippen LogP contribution >= 0.6 is 79.6 Å². The summed E-state index contributed by atoms with van der Waals surface area (Å²) in [7, 11) is 0. The highest BCUT2D eigenvalue weighted by Gasteiger charge is 2.27. The van der Waals surface area contributed by atoms with E-state index in [0.717, 1.165) is 264 Å². The van der Waals surface area contributed by atoms with Crippen molar-refractivity contribution in [1.82, 2.24) is 64.8 Å². The molecule has 0 spiro atoms. The number of esters is 1. The van der Waals surface area contributed by atoms with E-state index in [1.165, 1.54) is 10.8 Å². The second-order valence-corrected chi connectivity index (χ2v) is 40.2. The third-order valence-electron chi connectivity index (χ3n) is 25.6. The van der Waals surface area contributed by atoms with Gasteiger partial charge in [-0.3, -0.25) is 19.4 Å². The lowest BCUT2D eigenvalue weighted by atomic mass is 9.95. The van der Waals surface area contributed by atoms with Gasteiger partial charge in [0.05, 0.1) is 68.8 Å². The Morgan fingerprint density at radius 3 is 1.20 bits per heavy atom. The molecule has 26 rings (SSSR count). The van der Waals surface area contributed by atoms with E-state index in [-0.39, 0.29) is 31.1 Å². The number of halogens is 5. The van der Waals surface area contributed by atoms with Crippen molar-refractivity contribution < 1.29 is 19.1 Å². The highest BCUT2D eigenvalue weighted by Crippen LogP contribution is 2.45. The summed E-state index contributed by atoms with van der Waals surface area (Å²) in [4.78, 5) is 93.2. The molecule has 1 amide bonds. The Hall–Kier alpha value is -15.2. The number of nitrogens with zero attached hydrogens (tertiary/aromatic N) is 5. The van der Waals surface area contributed by atoms with Crippen molar-refractivity contribution in [2.24, 2.45) is 16.5 Å². The molecule has 16 N–H and O–H groups in total. The number of nitrogens with one attached hydrogen (secondary N) is 10. The van der Waals surface area contributed by atoms with Gasteiger partial charge in [-0.1, -0.05) is 207 Å². The van der Waals surface area contributed by atoms with Crippen LogP contribution in [-0.2, 0) is 25.5 Å². The molecule has 0 aliphatic carbocycles. The van der Waals surface area contributed by atoms with Crippen LogP contribution in [0.1, 0.15) is 38.3 Å². The average Bonchev–Trinajstić information content (AvgIpc) is 1.62. The molecule has 0 fully saturated rings. The van der Waals surface area contributed by atoms with E-state index in [9.17, 15) is 14.4 Å². The van der Waals surface area contributed by atoms with Gasteiger partial charge in [0.1, 0.15) is 28.9 Å². The summed E-state index contributed by atoms with van der Waals surface area (Å²) in [5, 5.41) is 26.0. The molecule has 678 valence electrons. The summed E-state index contributed by atoms with van der Waals surface area (Å²) in [5.74, 6) is 2.33. The van der Waals surface area contributed by atoms with Gasteiger partial charge in [-0.05, 0) is 203 Å². The number of rotatable bonds is 13. The van der Waals surface area contributed by atoms with E-state index in [1.54, 1.807) is 20.8 Å². The van der Waals surface area contributed by atoms with Crippen molar-refractivity contribution in [2.45, 2.75) is 45.3 Å². The molecule has 26 aromatic rings. The molecule has 22 nitrogen and oxygen atoms in total. The Morgan fingerprint density at radius 2 is 0.741 bits per heavy atom. The molecule has 0 aliphatic heterocycles. The number of H-pyrrole nitrogens is 9. The van der Waals surface area contributed by atoms with Crippen molar-refractivity contribution in [1.29, 1.82) is 0 Å². The van der Waals surface area contributed by atoms with Gasteiger partial charge >= 0.3 is 5.97 Å². The standard InChI is InChI=1S/C32H19Br2N5.C32H29BrN4O3.C25H18BrN5O.C23H15BrN4/c33-18-5-9-28-24(11-18)17(15-36-28)14-35-20-7-8-22-21-3-1-2-4-23(21)30-31(26(22)13-20)39-32(38-30)27-16-37-29-10-6-19(34)12-25(27)29;1-32(2,3)40-28(39)15-25(34)27(38)13-17-8-10-20-19-6-4-5-7-21(19)29-30(23(20)12-17)37-31(36-29)24-16-35-26-11-9-18(33)14-22(24)26;26-13-5-8-21-18(9-13)20(12-28-21)25-30-23-17-4-2-1-3-15(17)16-7-6-14(29-22(32)11-27)10-19(16)24(23)31-25;24-12-5-8-20-18(9-12)19(11-26-20)23-27-21-15-4-2-1-3-14(15)17-10-13(25)6-7-16(17)22(21)28-23/h1-16,36-37H,(H,38,39);4-12,14,16,25,35H,13,15,34H2,1-3H3,(H,36,37);1-10,12,28H,11,27H2,(H,29,32)(H,30,31);1-11,26H,25H2,(H,27,28)/t;25-;;/m.0../s1. The smallest absolute Gasteiger partial charge is 0.308 e. The maximum absolute atomic E-state index is 13.0. The maximum atomic E-state index is 13.0. The number of Topliss-reactive ketones (excluding diaryl/α,β-unsaturated/α-hetero) is 1. The van der Waals surface area contributed by atoms with Crippen LogP contribution in [0.25, 0.3) is 230 Å². The van der Waals surface area contributed by atoms with Crippen LogP contribution in [0, 0.1) is 0 Å². The number of nitrogen functional groups attached to an aromatic ring is 1. The molecule has 9 heterocycles. The number of amides is 1. The van der Waals surface area contributed by atoms with Gasteiger partial charge in [-0.15, -0.1) is 0 Å². The highest BCUT2D eigenvalue weighted by atomic mass is 79.9. The van der Waals surface area contributed by atoms with Crippen molar-refractivity contribution in [3.05, 3.63) is 325 Å². The molecule has 139 heavy (non-hydrogen) atoms. The number of carbonyl (C=O) groups is 3. The van der Waals surface area contributed by atoms with Crippen LogP contribution in [0.3, 0.4) is 0 Å². The topological polar surface area (TPSA) is 357 Å². The number of aliphatic imine (C=N–C) groups is 1. The number of hydrogen-bond acceptors (Lipinski definition) is 12. The zero-order valence-corrected chi connectivity index (χ0v) is 82.4. The summed E-state index contributed by atoms with van der Waals surface area (Å²) >= 11 is 17.9. The number of imidazole rings is 4. The number of aromatic nitrogens is 13. The first kappa shape index (κ1) is 87.8. The van der Waals surface area contributed by atoms with Crippen LogP contribution in [0.4, 0.5) is 17.1 Å². The molecule has 17 aromatic carbocycles. The summed E-state index contributed by atoms with van der Waals surface area (Å²) < 4.78 is 10.5. The van der Waals surface area contributed by atoms with E-state index in [0.29, 0.717) is 5.69 Å². The molecule has 0 saturated heterocycles. The second-order valence-electron chi connectivity index (χ2n) is 35.6. The van der Waals surface area contributed by atoms with Crippen LogP contribution < -0.4 is 22.5 Å². The number of carbonyl (C=O) groups excluding carboxylic acids is 3. The first-order valence-corrected chi connectivity index (χ1v) is 49.0. The largest absolute Gasteiger partial charge is 0.460 e. The van der Waals surface area contributed by atoms with Crippen LogP contribution in [0.15, 0.2) is 319 Å². The molecule has 0 bridgehead atoms. The lowest BCUT2D eigenvalue weighted by Crippen LogP contribution is -2.36. The normalized spacial score (nSPS) is 12.2. The Bertz CT molecular complexity index is 9620. The zero-order chi connectivity index (χ0) is 94.9. The van der Waals surface area contributed by atoms with Crippen molar-refractivity contribution >= 4 is 305 Å². The molecule has 1 atom stereocenters. The van der Waals surface area contributed by atoms with Gasteiger partial charge in [0, 0.05) is 203 Å². The van der Waals surface area contributed by atoms with Gasteiger partial charge in [0.2, 0.25) is 5.91 Å². The van der Waals surface area contributed by atoms with Gasteiger partial charge in [-0.25, -0.2) is 19.9 Å². The van der Waals surface area contributed by atoms with Crippen LogP contribution in [0.2, 0.25) is 0 Å². The number of ether oxygens (including phenoxy) is 1. The predicted molar refractivity (Wildman–Crippen MR) is 587 cm³/mol. The summed E-state index contributed by atoms with van der Waals surface area (Å²) in [6, 6.07) is 87.7. The monoisotopic (exact) mass is 2140 g/mol. The lowest BCUT2D eigenvalue weighted by molar-refractivity contribution is -0.156. The van der Waals surface area contributed by atoms with Crippen molar-refractivity contribution in [3.8, 4) is 45.6 Å². The molecule has 0 unspecified atom stereocenters. The predicted octanol–water partition coefficient (Wildman–Crippen LogP) is 28.8. The Morgan fingerprint density at radius 1 is 0.381 bits per heavy atom. The van der Waals surface area contributed by atoms with E-state index in [2.05, 4.69) is 275 Å². The molecular weight excluding hydrogens is 2060 g/mol. The zero-order valence-electron chi connectivity index (χ0n) is 74.5. The molecule has 0 aliphatic rings. The Kier molecular flexibility index (Phi) is 22.4. The van der Waals surface area contributed by atoms with E-state index in [1.807, 2.05) is 152 Å². The average molecular weight is 2140 g/mol. The summed E-state index contributed by atoms with van der Waals surface area (Å²) in [6.45, 7) is 5.30. The van der Waals surface area contributed by atoms with E-state index >= 15 is 0 Å². The highest BCUT2D eigenvalue weighted by molar-refractivity contribution is 9.11. The number of benzene rings is 17. The third-order valence-corrected chi connectivity index (χ3v) is 28.1. The van der Waals surface area contributed by atoms with Gasteiger partial charge in [0.25, 0.3) is 0 Å². The molecule has 0 saturated carbocycles. The Balaban J connectivity index is 0.000000104. The minimum Gasteiger partial charge on any atom is -0.460 e. The third kappa shape index (κ3) is 16.4. The molecule has 0 radical (unpaired) electrons.